The molecule has 0 radical (unpaired) electrons. The number of hydrogen-bond donors (Lipinski definition) is 0. The van der Waals surface area contributed by atoms with Crippen molar-refractivity contribution in [3.05, 3.63) is 29.8 Å². The van der Waals surface area contributed by atoms with Crippen LogP contribution in [0.25, 0.3) is 0 Å². The molecular formula is C18H27NO4. The van der Waals surface area contributed by atoms with E-state index in [1.165, 1.54) is 5.56 Å². The molecule has 0 spiro atoms. The first-order chi connectivity index (χ1) is 11.2. The van der Waals surface area contributed by atoms with Gasteiger partial charge in [-0.25, -0.2) is 0 Å². The van der Waals surface area contributed by atoms with Crippen LogP contribution in [0.3, 0.4) is 0 Å². The third-order valence-electron chi connectivity index (χ3n) is 4.11. The van der Waals surface area contributed by atoms with E-state index in [2.05, 4.69) is 19.1 Å². The normalized spacial score (nSPS) is 17.5. The summed E-state index contributed by atoms with van der Waals surface area (Å²) in [5.41, 5.74) is 1.23. The molecule has 1 heterocycles. The van der Waals surface area contributed by atoms with Gasteiger partial charge in [-0.3, -0.25) is 4.79 Å². The van der Waals surface area contributed by atoms with Crippen molar-refractivity contribution >= 4 is 5.91 Å². The van der Waals surface area contributed by atoms with Crippen molar-refractivity contribution in [3.8, 4) is 5.75 Å². The van der Waals surface area contributed by atoms with Gasteiger partial charge in [-0.2, -0.15) is 0 Å². The van der Waals surface area contributed by atoms with Crippen LogP contribution < -0.4 is 4.74 Å². The Hall–Kier alpha value is -1.59. The maximum atomic E-state index is 12.0. The van der Waals surface area contributed by atoms with Gasteiger partial charge < -0.3 is 19.1 Å². The van der Waals surface area contributed by atoms with Crippen molar-refractivity contribution in [2.24, 2.45) is 5.92 Å². The Morgan fingerprint density at radius 1 is 1.22 bits per heavy atom. The number of carbonyl (C=O) groups is 1. The van der Waals surface area contributed by atoms with E-state index in [4.69, 9.17) is 14.2 Å². The zero-order valence-electron chi connectivity index (χ0n) is 14.1. The number of carbonyl (C=O) groups excluding carboxylic acids is 1. The van der Waals surface area contributed by atoms with E-state index in [-0.39, 0.29) is 12.5 Å². The molecule has 1 aromatic rings. The maximum Gasteiger partial charge on any atom is 0.248 e. The summed E-state index contributed by atoms with van der Waals surface area (Å²) < 4.78 is 15.9. The Morgan fingerprint density at radius 2 is 2.00 bits per heavy atom. The summed E-state index contributed by atoms with van der Waals surface area (Å²) in [6, 6.07) is 8.10. The quantitative estimate of drug-likeness (QED) is 0.655. The van der Waals surface area contributed by atoms with Gasteiger partial charge in [0.25, 0.3) is 0 Å². The second-order valence-electron chi connectivity index (χ2n) is 5.99. The average molecular weight is 321 g/mol. The van der Waals surface area contributed by atoms with Crippen LogP contribution in [0.5, 0.6) is 5.75 Å². The van der Waals surface area contributed by atoms with Crippen molar-refractivity contribution in [1.82, 2.24) is 4.90 Å². The van der Waals surface area contributed by atoms with E-state index in [9.17, 15) is 4.79 Å². The minimum atomic E-state index is 0.0723. The summed E-state index contributed by atoms with van der Waals surface area (Å²) in [5.74, 6) is 1.50. The molecule has 1 fully saturated rings. The van der Waals surface area contributed by atoms with Crippen molar-refractivity contribution in [1.29, 1.82) is 0 Å². The van der Waals surface area contributed by atoms with Gasteiger partial charge in [0.15, 0.2) is 0 Å². The van der Waals surface area contributed by atoms with Crippen molar-refractivity contribution in [2.45, 2.75) is 19.8 Å². The Bertz CT molecular complexity index is 474. The van der Waals surface area contributed by atoms with Crippen molar-refractivity contribution < 1.29 is 19.0 Å². The Morgan fingerprint density at radius 3 is 2.74 bits per heavy atom. The lowest BCUT2D eigenvalue weighted by Gasteiger charge is -2.16. The Balaban J connectivity index is 1.61. The number of benzene rings is 1. The first-order valence-electron chi connectivity index (χ1n) is 8.23. The molecule has 1 aliphatic rings. The van der Waals surface area contributed by atoms with Crippen LogP contribution in [0.1, 0.15) is 18.4 Å². The third-order valence-corrected chi connectivity index (χ3v) is 4.11. The molecule has 2 rings (SSSR count). The standard InChI is InChI=1S/C18H27NO4/c1-15-3-5-17(6-4-15)23-10-8-16-7-9-19(13-16)18(20)14-22-12-11-21-2/h3-6,16H,7-14H2,1-2H3. The molecule has 23 heavy (non-hydrogen) atoms. The lowest BCUT2D eigenvalue weighted by molar-refractivity contribution is -0.135. The summed E-state index contributed by atoms with van der Waals surface area (Å²) >= 11 is 0. The van der Waals surface area contributed by atoms with Crippen molar-refractivity contribution in [3.63, 3.8) is 0 Å². The van der Waals surface area contributed by atoms with E-state index < -0.39 is 0 Å². The molecule has 128 valence electrons. The molecule has 1 atom stereocenters. The predicted molar refractivity (Wildman–Crippen MR) is 88.7 cm³/mol. The second kappa shape index (κ2) is 9.53. The van der Waals surface area contributed by atoms with Crippen LogP contribution in [0.2, 0.25) is 0 Å². The van der Waals surface area contributed by atoms with Crippen LogP contribution in [0.15, 0.2) is 24.3 Å². The molecule has 0 aromatic heterocycles. The van der Waals surface area contributed by atoms with E-state index in [0.29, 0.717) is 25.7 Å². The smallest absolute Gasteiger partial charge is 0.248 e. The summed E-state index contributed by atoms with van der Waals surface area (Å²) in [4.78, 5) is 13.9. The fourth-order valence-corrected chi connectivity index (χ4v) is 2.67. The Labute approximate surface area is 138 Å². The highest BCUT2D eigenvalue weighted by Gasteiger charge is 2.25. The zero-order chi connectivity index (χ0) is 16.5. The molecule has 1 unspecified atom stereocenters. The van der Waals surface area contributed by atoms with Gasteiger partial charge in [0.1, 0.15) is 12.4 Å². The molecule has 1 saturated heterocycles. The molecule has 1 aliphatic heterocycles. The average Bonchev–Trinajstić information content (AvgIpc) is 3.02. The van der Waals surface area contributed by atoms with Crippen LogP contribution in [0.4, 0.5) is 0 Å². The summed E-state index contributed by atoms with van der Waals surface area (Å²) in [6.45, 7) is 5.52. The van der Waals surface area contributed by atoms with Gasteiger partial charge in [0, 0.05) is 20.2 Å². The molecule has 0 bridgehead atoms. The van der Waals surface area contributed by atoms with Gasteiger partial charge in [0.05, 0.1) is 19.8 Å². The van der Waals surface area contributed by atoms with Gasteiger partial charge in [0.2, 0.25) is 5.91 Å². The van der Waals surface area contributed by atoms with E-state index in [0.717, 1.165) is 31.7 Å². The predicted octanol–water partition coefficient (Wildman–Crippen LogP) is 2.28. The maximum absolute atomic E-state index is 12.0. The summed E-state index contributed by atoms with van der Waals surface area (Å²) in [7, 11) is 1.62. The number of aryl methyl sites for hydroxylation is 1. The number of likely N-dealkylation sites (tertiary alicyclic amines) is 1. The number of nitrogens with zero attached hydrogens (tertiary/aromatic N) is 1. The molecule has 0 saturated carbocycles. The fourth-order valence-electron chi connectivity index (χ4n) is 2.67. The number of methoxy groups -OCH3 is 1. The van der Waals surface area contributed by atoms with Gasteiger partial charge >= 0.3 is 0 Å². The van der Waals surface area contributed by atoms with E-state index >= 15 is 0 Å². The molecule has 1 aromatic carbocycles. The van der Waals surface area contributed by atoms with Gasteiger partial charge in [-0.15, -0.1) is 0 Å². The number of rotatable bonds is 9. The molecule has 1 amide bonds. The fraction of sp³-hybridized carbons (Fsp3) is 0.611. The molecule has 0 N–H and O–H groups in total. The Kier molecular flexibility index (Phi) is 7.36. The van der Waals surface area contributed by atoms with E-state index in [1.807, 2.05) is 17.0 Å². The third kappa shape index (κ3) is 6.20. The topological polar surface area (TPSA) is 48.0 Å². The van der Waals surface area contributed by atoms with E-state index in [1.54, 1.807) is 7.11 Å². The minimum Gasteiger partial charge on any atom is -0.494 e. The zero-order valence-corrected chi connectivity index (χ0v) is 14.1. The monoisotopic (exact) mass is 321 g/mol. The van der Waals surface area contributed by atoms with Crippen LogP contribution in [-0.2, 0) is 14.3 Å². The first-order valence-corrected chi connectivity index (χ1v) is 8.23. The van der Waals surface area contributed by atoms with Gasteiger partial charge in [-0.1, -0.05) is 17.7 Å². The molecular weight excluding hydrogens is 294 g/mol. The SMILES string of the molecule is COCCOCC(=O)N1CCC(CCOc2ccc(C)cc2)C1. The number of hydrogen-bond acceptors (Lipinski definition) is 4. The lowest BCUT2D eigenvalue weighted by atomic mass is 10.1. The second-order valence-corrected chi connectivity index (χ2v) is 5.99. The largest absolute Gasteiger partial charge is 0.494 e. The molecule has 5 heteroatoms. The number of ether oxygens (including phenoxy) is 3. The molecule has 5 nitrogen and oxygen atoms in total. The minimum absolute atomic E-state index is 0.0723. The van der Waals surface area contributed by atoms with Crippen LogP contribution in [0, 0.1) is 12.8 Å². The number of amides is 1. The summed E-state index contributed by atoms with van der Waals surface area (Å²) in [5, 5.41) is 0. The van der Waals surface area contributed by atoms with Crippen LogP contribution >= 0.6 is 0 Å². The first kappa shape index (κ1) is 17.8. The van der Waals surface area contributed by atoms with Crippen molar-refractivity contribution in [2.75, 3.05) is 46.6 Å². The lowest BCUT2D eigenvalue weighted by Crippen LogP contribution is -2.32. The highest BCUT2D eigenvalue weighted by atomic mass is 16.5. The highest BCUT2D eigenvalue weighted by Crippen LogP contribution is 2.20. The van der Waals surface area contributed by atoms with Crippen LogP contribution in [-0.4, -0.2) is 57.4 Å². The van der Waals surface area contributed by atoms with Gasteiger partial charge in [-0.05, 0) is 37.8 Å². The highest BCUT2D eigenvalue weighted by molar-refractivity contribution is 5.77. The summed E-state index contributed by atoms with van der Waals surface area (Å²) in [6.07, 6.45) is 2.02. The molecule has 0 aliphatic carbocycles.